The molecule has 0 spiro atoms. The van der Waals surface area contributed by atoms with Gasteiger partial charge in [0.2, 0.25) is 0 Å². The van der Waals surface area contributed by atoms with Crippen LogP contribution in [0.25, 0.3) is 0 Å². The van der Waals surface area contributed by atoms with Gasteiger partial charge >= 0.3 is 0 Å². The van der Waals surface area contributed by atoms with E-state index in [0.29, 0.717) is 5.82 Å². The Hall–Kier alpha value is -0.150. The van der Waals surface area contributed by atoms with Crippen LogP contribution in [0.4, 0.5) is 0 Å². The third kappa shape index (κ3) is 1.92. The van der Waals surface area contributed by atoms with Gasteiger partial charge in [-0.2, -0.15) is 0 Å². The van der Waals surface area contributed by atoms with E-state index in [-0.39, 0.29) is 5.38 Å². The molecule has 2 nitrogen and oxygen atoms in total. The molecule has 10 heavy (non-hydrogen) atoms. The number of alkyl halides is 1. The summed E-state index contributed by atoms with van der Waals surface area (Å²) in [5.41, 5.74) is 0. The highest BCUT2D eigenvalue weighted by molar-refractivity contribution is 9.10. The van der Waals surface area contributed by atoms with Crippen LogP contribution in [0.15, 0.2) is 16.9 Å². The number of hydrogen-bond donors (Lipinski definition) is 0. The average Bonchev–Trinajstić information content (AvgIpc) is 1.88. The first-order chi connectivity index (χ1) is 4.70. The Balaban J connectivity index is 2.89. The van der Waals surface area contributed by atoms with Crippen molar-refractivity contribution >= 4 is 27.5 Å². The molecule has 0 unspecified atom stereocenters. The molecule has 4 heteroatoms. The lowest BCUT2D eigenvalue weighted by molar-refractivity contribution is 0.905. The summed E-state index contributed by atoms with van der Waals surface area (Å²) in [6.45, 7) is 1.84. The SMILES string of the molecule is C[C@@H](Cl)c1ncc(Br)cn1. The highest BCUT2D eigenvalue weighted by Crippen LogP contribution is 2.15. The van der Waals surface area contributed by atoms with Gasteiger partial charge in [-0.3, -0.25) is 0 Å². The van der Waals surface area contributed by atoms with Crippen molar-refractivity contribution in [3.8, 4) is 0 Å². The van der Waals surface area contributed by atoms with Gasteiger partial charge in [0.15, 0.2) is 0 Å². The Labute approximate surface area is 72.8 Å². The van der Waals surface area contributed by atoms with Crippen molar-refractivity contribution in [2.75, 3.05) is 0 Å². The molecule has 0 amide bonds. The molecule has 0 saturated carbocycles. The van der Waals surface area contributed by atoms with E-state index in [1.807, 2.05) is 6.92 Å². The molecule has 0 bridgehead atoms. The Morgan fingerprint density at radius 3 is 2.40 bits per heavy atom. The maximum absolute atomic E-state index is 5.72. The van der Waals surface area contributed by atoms with Gasteiger partial charge in [0.05, 0.1) is 9.85 Å². The fourth-order valence-electron chi connectivity index (χ4n) is 0.528. The number of aromatic nitrogens is 2. The first-order valence-electron chi connectivity index (χ1n) is 2.81. The molecular formula is C6H6BrClN2. The standard InChI is InChI=1S/C6H6BrClN2/c1-4(8)6-9-2-5(7)3-10-6/h2-4H,1H3/t4-/m1/s1. The van der Waals surface area contributed by atoms with Gasteiger partial charge in [0, 0.05) is 12.4 Å². The van der Waals surface area contributed by atoms with Gasteiger partial charge in [-0.05, 0) is 22.9 Å². The van der Waals surface area contributed by atoms with Crippen LogP contribution in [0.5, 0.6) is 0 Å². The van der Waals surface area contributed by atoms with Gasteiger partial charge in [0.25, 0.3) is 0 Å². The summed E-state index contributed by atoms with van der Waals surface area (Å²) in [5.74, 6) is 0.657. The molecule has 0 radical (unpaired) electrons. The van der Waals surface area contributed by atoms with E-state index < -0.39 is 0 Å². The summed E-state index contributed by atoms with van der Waals surface area (Å²) in [5, 5.41) is -0.118. The monoisotopic (exact) mass is 220 g/mol. The van der Waals surface area contributed by atoms with Crippen molar-refractivity contribution in [2.45, 2.75) is 12.3 Å². The van der Waals surface area contributed by atoms with Crippen molar-refractivity contribution in [3.05, 3.63) is 22.7 Å². The Bertz CT molecular complexity index is 209. The molecule has 54 valence electrons. The van der Waals surface area contributed by atoms with E-state index in [1.54, 1.807) is 12.4 Å². The zero-order valence-electron chi connectivity index (χ0n) is 5.38. The minimum absolute atomic E-state index is 0.118. The zero-order chi connectivity index (χ0) is 7.56. The van der Waals surface area contributed by atoms with E-state index in [2.05, 4.69) is 25.9 Å². The summed E-state index contributed by atoms with van der Waals surface area (Å²) in [7, 11) is 0. The van der Waals surface area contributed by atoms with E-state index >= 15 is 0 Å². The Kier molecular flexibility index (Phi) is 2.63. The molecule has 1 aromatic rings. The second-order valence-corrected chi connectivity index (χ2v) is 3.45. The molecule has 0 fully saturated rings. The van der Waals surface area contributed by atoms with Crippen molar-refractivity contribution in [1.82, 2.24) is 9.97 Å². The predicted molar refractivity (Wildman–Crippen MR) is 44.0 cm³/mol. The molecule has 0 aliphatic heterocycles. The minimum atomic E-state index is -0.118. The van der Waals surface area contributed by atoms with Gasteiger partial charge in [0.1, 0.15) is 5.82 Å². The van der Waals surface area contributed by atoms with Gasteiger partial charge in [-0.25, -0.2) is 9.97 Å². The molecule has 1 rings (SSSR count). The molecule has 1 aromatic heterocycles. The summed E-state index contributed by atoms with van der Waals surface area (Å²) >= 11 is 8.94. The van der Waals surface area contributed by atoms with Crippen LogP contribution in [0.1, 0.15) is 18.1 Å². The Morgan fingerprint density at radius 1 is 1.50 bits per heavy atom. The lowest BCUT2D eigenvalue weighted by Gasteiger charge is -1.98. The van der Waals surface area contributed by atoms with E-state index in [0.717, 1.165) is 4.47 Å². The van der Waals surface area contributed by atoms with E-state index in [9.17, 15) is 0 Å². The summed E-state index contributed by atoms with van der Waals surface area (Å²) < 4.78 is 0.869. The van der Waals surface area contributed by atoms with Crippen LogP contribution in [0, 0.1) is 0 Å². The molecule has 0 aliphatic rings. The fraction of sp³-hybridized carbons (Fsp3) is 0.333. The molecule has 0 saturated heterocycles. The van der Waals surface area contributed by atoms with E-state index in [4.69, 9.17) is 11.6 Å². The smallest absolute Gasteiger partial charge is 0.145 e. The minimum Gasteiger partial charge on any atom is -0.239 e. The van der Waals surface area contributed by atoms with Gasteiger partial charge in [-0.15, -0.1) is 11.6 Å². The normalized spacial score (nSPS) is 13.1. The molecule has 0 aliphatic carbocycles. The highest BCUT2D eigenvalue weighted by atomic mass is 79.9. The largest absolute Gasteiger partial charge is 0.239 e. The first kappa shape index (κ1) is 7.95. The molecule has 1 heterocycles. The fourth-order valence-corrected chi connectivity index (χ4v) is 0.845. The maximum atomic E-state index is 5.72. The highest BCUT2D eigenvalue weighted by Gasteiger charge is 2.01. The van der Waals surface area contributed by atoms with Gasteiger partial charge in [-0.1, -0.05) is 0 Å². The van der Waals surface area contributed by atoms with Crippen LogP contribution in [0.2, 0.25) is 0 Å². The van der Waals surface area contributed by atoms with Crippen molar-refractivity contribution < 1.29 is 0 Å². The number of halogens is 2. The topological polar surface area (TPSA) is 25.8 Å². The van der Waals surface area contributed by atoms with Crippen LogP contribution in [0.3, 0.4) is 0 Å². The number of rotatable bonds is 1. The second-order valence-electron chi connectivity index (χ2n) is 1.88. The predicted octanol–water partition coefficient (Wildman–Crippen LogP) is 2.54. The van der Waals surface area contributed by atoms with E-state index in [1.165, 1.54) is 0 Å². The molecule has 0 N–H and O–H groups in total. The van der Waals surface area contributed by atoms with Crippen molar-refractivity contribution in [1.29, 1.82) is 0 Å². The van der Waals surface area contributed by atoms with Gasteiger partial charge < -0.3 is 0 Å². The first-order valence-corrected chi connectivity index (χ1v) is 4.04. The summed E-state index contributed by atoms with van der Waals surface area (Å²) in [6.07, 6.45) is 3.36. The number of hydrogen-bond acceptors (Lipinski definition) is 2. The quantitative estimate of drug-likeness (QED) is 0.681. The van der Waals surface area contributed by atoms with Crippen LogP contribution in [-0.2, 0) is 0 Å². The molecule has 0 aromatic carbocycles. The van der Waals surface area contributed by atoms with Crippen LogP contribution in [-0.4, -0.2) is 9.97 Å². The van der Waals surface area contributed by atoms with Crippen molar-refractivity contribution in [3.63, 3.8) is 0 Å². The third-order valence-corrected chi connectivity index (χ3v) is 1.60. The summed E-state index contributed by atoms with van der Waals surface area (Å²) in [4.78, 5) is 7.98. The second kappa shape index (κ2) is 3.30. The van der Waals surface area contributed by atoms with Crippen LogP contribution < -0.4 is 0 Å². The van der Waals surface area contributed by atoms with Crippen LogP contribution >= 0.6 is 27.5 Å². The lowest BCUT2D eigenvalue weighted by atomic mass is 10.4. The maximum Gasteiger partial charge on any atom is 0.145 e. The molecular weight excluding hydrogens is 215 g/mol. The van der Waals surface area contributed by atoms with Crippen molar-refractivity contribution in [2.24, 2.45) is 0 Å². The molecule has 1 atom stereocenters. The zero-order valence-corrected chi connectivity index (χ0v) is 7.72. The lowest BCUT2D eigenvalue weighted by Crippen LogP contribution is -1.92. The summed E-state index contributed by atoms with van der Waals surface area (Å²) in [6, 6.07) is 0. The Morgan fingerprint density at radius 2 is 2.00 bits per heavy atom. The number of nitrogens with zero attached hydrogens (tertiary/aromatic N) is 2. The average molecular weight is 221 g/mol. The third-order valence-electron chi connectivity index (χ3n) is 0.996.